The van der Waals surface area contributed by atoms with Gasteiger partial charge in [-0.15, -0.1) is 0 Å². The average Bonchev–Trinajstić information content (AvgIpc) is 2.58. The Morgan fingerprint density at radius 1 is 1.21 bits per heavy atom. The molecule has 2 fully saturated rings. The van der Waals surface area contributed by atoms with Crippen molar-refractivity contribution in [2.45, 2.75) is 36.7 Å². The summed E-state index contributed by atoms with van der Waals surface area (Å²) in [6.07, 6.45) is 3.80. The van der Waals surface area contributed by atoms with Crippen molar-refractivity contribution < 1.29 is 22.3 Å². The van der Waals surface area contributed by atoms with E-state index in [-0.39, 0.29) is 16.4 Å². The number of piperidine rings is 1. The van der Waals surface area contributed by atoms with Crippen LogP contribution in [0.4, 0.5) is 4.39 Å². The van der Waals surface area contributed by atoms with Crippen LogP contribution in [0.5, 0.6) is 0 Å². The Morgan fingerprint density at radius 3 is 2.50 bits per heavy atom. The summed E-state index contributed by atoms with van der Waals surface area (Å²) in [6, 6.07) is 5.56. The summed E-state index contributed by atoms with van der Waals surface area (Å²) in [5, 5.41) is 0. The summed E-state index contributed by atoms with van der Waals surface area (Å²) in [6.45, 7) is 1.97. The predicted octanol–water partition coefficient (Wildman–Crippen LogP) is 2.42. The van der Waals surface area contributed by atoms with Gasteiger partial charge in [-0.05, 0) is 43.2 Å². The van der Waals surface area contributed by atoms with Gasteiger partial charge in [-0.25, -0.2) is 12.8 Å². The summed E-state index contributed by atoms with van der Waals surface area (Å²) in [5.74, 6) is -0.692. The van der Waals surface area contributed by atoms with Crippen LogP contribution in [0.25, 0.3) is 0 Å². The normalized spacial score (nSPS) is 24.0. The second-order valence-electron chi connectivity index (χ2n) is 6.59. The maximum absolute atomic E-state index is 13.9. The highest BCUT2D eigenvalue weighted by atomic mass is 32.2. The van der Waals surface area contributed by atoms with Gasteiger partial charge in [-0.2, -0.15) is 4.31 Å². The van der Waals surface area contributed by atoms with Crippen LogP contribution in [0.1, 0.15) is 25.7 Å². The van der Waals surface area contributed by atoms with E-state index in [0.29, 0.717) is 26.3 Å². The van der Waals surface area contributed by atoms with Crippen LogP contribution in [0, 0.1) is 11.2 Å². The van der Waals surface area contributed by atoms with Crippen LogP contribution in [-0.4, -0.2) is 52.2 Å². The summed E-state index contributed by atoms with van der Waals surface area (Å²) >= 11 is 0. The molecule has 3 rings (SSSR count). The van der Waals surface area contributed by atoms with Crippen LogP contribution in [0.2, 0.25) is 0 Å². The van der Waals surface area contributed by atoms with Crippen molar-refractivity contribution in [2.24, 2.45) is 5.41 Å². The van der Waals surface area contributed by atoms with Crippen molar-refractivity contribution in [1.29, 1.82) is 0 Å². The van der Waals surface area contributed by atoms with Gasteiger partial charge < -0.3 is 9.47 Å². The minimum atomic E-state index is -3.77. The highest BCUT2D eigenvalue weighted by molar-refractivity contribution is 7.89. The summed E-state index contributed by atoms with van der Waals surface area (Å²) in [4.78, 5) is -0.234. The third kappa shape index (κ3) is 3.22. The molecule has 24 heavy (non-hydrogen) atoms. The number of methoxy groups -OCH3 is 1. The molecule has 0 aromatic heterocycles. The molecule has 1 saturated heterocycles. The number of ether oxygens (including phenoxy) is 2. The monoisotopic (exact) mass is 357 g/mol. The Balaban J connectivity index is 1.64. The summed E-state index contributed by atoms with van der Waals surface area (Å²) < 4.78 is 51.5. The number of nitrogens with zero attached hydrogens (tertiary/aromatic N) is 1. The molecule has 1 aliphatic carbocycles. The predicted molar refractivity (Wildman–Crippen MR) is 87.7 cm³/mol. The van der Waals surface area contributed by atoms with Crippen molar-refractivity contribution in [2.75, 3.05) is 33.4 Å². The highest BCUT2D eigenvalue weighted by Crippen LogP contribution is 2.51. The lowest BCUT2D eigenvalue weighted by atomic mass is 9.61. The molecule has 0 bridgehead atoms. The Bertz CT molecular complexity index is 671. The number of hydrogen-bond donors (Lipinski definition) is 0. The zero-order valence-corrected chi connectivity index (χ0v) is 14.7. The number of rotatable bonds is 6. The molecule has 7 heteroatoms. The van der Waals surface area contributed by atoms with Crippen LogP contribution >= 0.6 is 0 Å². The van der Waals surface area contributed by atoms with Gasteiger partial charge in [0.25, 0.3) is 0 Å². The fourth-order valence-corrected chi connectivity index (χ4v) is 5.25. The zero-order chi connectivity index (χ0) is 17.2. The second kappa shape index (κ2) is 7.07. The molecule has 2 aliphatic rings. The molecule has 1 unspecified atom stereocenters. The lowest BCUT2D eigenvalue weighted by Crippen LogP contribution is -2.54. The smallest absolute Gasteiger partial charge is 0.245 e. The van der Waals surface area contributed by atoms with Crippen LogP contribution in [0.15, 0.2) is 29.2 Å². The molecule has 0 radical (unpaired) electrons. The van der Waals surface area contributed by atoms with E-state index in [2.05, 4.69) is 0 Å². The van der Waals surface area contributed by atoms with E-state index in [1.54, 1.807) is 13.2 Å². The average molecular weight is 357 g/mol. The highest BCUT2D eigenvalue weighted by Gasteiger charge is 2.50. The number of hydrogen-bond acceptors (Lipinski definition) is 4. The van der Waals surface area contributed by atoms with Crippen LogP contribution < -0.4 is 0 Å². The van der Waals surface area contributed by atoms with Gasteiger partial charge in [0.15, 0.2) is 0 Å². The first-order valence-electron chi connectivity index (χ1n) is 8.35. The van der Waals surface area contributed by atoms with Crippen molar-refractivity contribution >= 4 is 10.0 Å². The number of halogens is 1. The maximum atomic E-state index is 13.9. The molecule has 1 saturated carbocycles. The van der Waals surface area contributed by atoms with Gasteiger partial charge >= 0.3 is 0 Å². The molecule has 0 amide bonds. The third-order valence-electron chi connectivity index (χ3n) is 5.37. The molecular formula is C17H24FNO4S. The van der Waals surface area contributed by atoms with Gasteiger partial charge in [0.1, 0.15) is 10.7 Å². The molecule has 1 aliphatic heterocycles. The topological polar surface area (TPSA) is 55.8 Å². The second-order valence-corrected chi connectivity index (χ2v) is 8.49. The minimum absolute atomic E-state index is 0.0784. The number of benzene rings is 1. The molecular weight excluding hydrogens is 333 g/mol. The Labute approximate surface area is 142 Å². The van der Waals surface area contributed by atoms with E-state index < -0.39 is 15.8 Å². The largest absolute Gasteiger partial charge is 0.382 e. The molecule has 1 aromatic rings. The van der Waals surface area contributed by atoms with Crippen molar-refractivity contribution in [3.05, 3.63) is 30.1 Å². The number of sulfonamides is 1. The Morgan fingerprint density at radius 2 is 1.92 bits per heavy atom. The standard InChI is InChI=1S/C17H24FNO4S/c1-22-12-13-23-16-6-7-17(16)8-10-19(11-9-17)24(20,21)15-5-3-2-4-14(15)18/h2-5,16H,6-13H2,1H3. The molecule has 0 N–H and O–H groups in total. The SMILES string of the molecule is COCCOC1CCC12CCN(S(=O)(=O)c1ccccc1F)CC2. The molecule has 1 aromatic carbocycles. The molecule has 1 spiro atoms. The zero-order valence-electron chi connectivity index (χ0n) is 13.9. The maximum Gasteiger partial charge on any atom is 0.245 e. The summed E-state index contributed by atoms with van der Waals surface area (Å²) in [7, 11) is -2.12. The first-order valence-corrected chi connectivity index (χ1v) is 9.79. The molecule has 134 valence electrons. The molecule has 1 atom stereocenters. The van der Waals surface area contributed by atoms with Gasteiger partial charge in [0, 0.05) is 20.2 Å². The van der Waals surface area contributed by atoms with Crippen molar-refractivity contribution in [3.63, 3.8) is 0 Å². The lowest BCUT2D eigenvalue weighted by molar-refractivity contribution is -0.137. The van der Waals surface area contributed by atoms with E-state index in [0.717, 1.165) is 25.7 Å². The lowest BCUT2D eigenvalue weighted by Gasteiger charge is -2.53. The minimum Gasteiger partial charge on any atom is -0.382 e. The van der Waals surface area contributed by atoms with E-state index in [4.69, 9.17) is 9.47 Å². The quantitative estimate of drug-likeness (QED) is 0.734. The van der Waals surface area contributed by atoms with Crippen molar-refractivity contribution in [1.82, 2.24) is 4.31 Å². The fourth-order valence-electron chi connectivity index (χ4n) is 3.74. The van der Waals surface area contributed by atoms with Crippen LogP contribution in [0.3, 0.4) is 0 Å². The Kier molecular flexibility index (Phi) is 5.24. The van der Waals surface area contributed by atoms with E-state index in [9.17, 15) is 12.8 Å². The molecule has 5 nitrogen and oxygen atoms in total. The van der Waals surface area contributed by atoms with Gasteiger partial charge in [0.05, 0.1) is 19.3 Å². The summed E-state index contributed by atoms with van der Waals surface area (Å²) in [5.41, 5.74) is 0.0784. The van der Waals surface area contributed by atoms with Gasteiger partial charge in [-0.1, -0.05) is 12.1 Å². The van der Waals surface area contributed by atoms with E-state index >= 15 is 0 Å². The molecule has 1 heterocycles. The van der Waals surface area contributed by atoms with Crippen LogP contribution in [-0.2, 0) is 19.5 Å². The third-order valence-corrected chi connectivity index (χ3v) is 7.30. The van der Waals surface area contributed by atoms with E-state index in [1.165, 1.54) is 22.5 Å². The van der Waals surface area contributed by atoms with Crippen molar-refractivity contribution in [3.8, 4) is 0 Å². The Hall–Kier alpha value is -1.02. The first kappa shape index (κ1) is 17.8. The fraction of sp³-hybridized carbons (Fsp3) is 0.647. The van der Waals surface area contributed by atoms with Gasteiger partial charge in [-0.3, -0.25) is 0 Å². The first-order chi connectivity index (χ1) is 11.5. The van der Waals surface area contributed by atoms with E-state index in [1.807, 2.05) is 0 Å². The van der Waals surface area contributed by atoms with Gasteiger partial charge in [0.2, 0.25) is 10.0 Å².